The van der Waals surface area contributed by atoms with Crippen molar-refractivity contribution in [3.05, 3.63) is 33.9 Å². The number of carboxylic acids is 1. The molecule has 7 nitrogen and oxygen atoms in total. The minimum Gasteiger partial charge on any atom is -0.477 e. The molecule has 0 heterocycles. The average Bonchev–Trinajstić information content (AvgIpc) is 2.37. The van der Waals surface area contributed by atoms with E-state index in [1.807, 2.05) is 26.0 Å². The minimum atomic E-state index is -1.29. The molecule has 118 valence electrons. The van der Waals surface area contributed by atoms with E-state index in [0.29, 0.717) is 5.69 Å². The standard InChI is InChI=1S/C13H19N3O4.ClH/c1-14(2)7-4-8-15(3)10-5-6-11(13(17)18)12(9-10)16(19)20;/h5-6,9H,4,7-8H2,1-3H3,(H,17,18);1H. The first-order valence-corrected chi connectivity index (χ1v) is 6.20. The number of carboxylic acid groups (broad SMARTS) is 1. The first kappa shape index (κ1) is 19.1. The quantitative estimate of drug-likeness (QED) is 0.612. The fraction of sp³-hybridized carbons (Fsp3) is 0.462. The van der Waals surface area contributed by atoms with Gasteiger partial charge in [-0.25, -0.2) is 4.79 Å². The number of nitro groups is 1. The highest BCUT2D eigenvalue weighted by Gasteiger charge is 2.20. The molecule has 1 aromatic rings. The lowest BCUT2D eigenvalue weighted by atomic mass is 10.1. The Kier molecular flexibility index (Phi) is 7.69. The van der Waals surface area contributed by atoms with Gasteiger partial charge in [-0.05, 0) is 39.2 Å². The molecule has 0 aliphatic rings. The topological polar surface area (TPSA) is 86.9 Å². The van der Waals surface area contributed by atoms with E-state index in [1.54, 1.807) is 6.07 Å². The first-order chi connectivity index (χ1) is 9.32. The predicted molar refractivity (Wildman–Crippen MR) is 83.7 cm³/mol. The zero-order chi connectivity index (χ0) is 15.3. The molecule has 1 N–H and O–H groups in total. The molecule has 0 aliphatic heterocycles. The number of carbonyl (C=O) groups is 1. The Hall–Kier alpha value is -1.86. The SMILES string of the molecule is CN(C)CCCN(C)c1ccc(C(=O)O)c([N+](=O)[O-])c1.Cl. The van der Waals surface area contributed by atoms with Crippen molar-refractivity contribution in [2.45, 2.75) is 6.42 Å². The summed E-state index contributed by atoms with van der Waals surface area (Å²) < 4.78 is 0. The molecule has 0 bridgehead atoms. The van der Waals surface area contributed by atoms with Gasteiger partial charge in [0.05, 0.1) is 4.92 Å². The third-order valence-corrected chi connectivity index (χ3v) is 2.95. The Morgan fingerprint density at radius 2 is 1.90 bits per heavy atom. The minimum absolute atomic E-state index is 0. The van der Waals surface area contributed by atoms with Crippen LogP contribution in [-0.4, -0.2) is 55.1 Å². The maximum Gasteiger partial charge on any atom is 0.342 e. The van der Waals surface area contributed by atoms with E-state index < -0.39 is 10.9 Å². The third-order valence-electron chi connectivity index (χ3n) is 2.95. The van der Waals surface area contributed by atoms with E-state index in [0.717, 1.165) is 19.5 Å². The van der Waals surface area contributed by atoms with E-state index in [2.05, 4.69) is 4.90 Å². The second kappa shape index (κ2) is 8.43. The van der Waals surface area contributed by atoms with Crippen molar-refractivity contribution in [1.29, 1.82) is 0 Å². The van der Waals surface area contributed by atoms with Crippen LogP contribution in [-0.2, 0) is 0 Å². The molecule has 1 aromatic carbocycles. The predicted octanol–water partition coefficient (Wildman–Crippen LogP) is 2.10. The van der Waals surface area contributed by atoms with E-state index in [-0.39, 0.29) is 23.7 Å². The summed E-state index contributed by atoms with van der Waals surface area (Å²) in [6.07, 6.45) is 0.915. The highest BCUT2D eigenvalue weighted by Crippen LogP contribution is 2.25. The number of hydrogen-bond acceptors (Lipinski definition) is 5. The van der Waals surface area contributed by atoms with Crippen molar-refractivity contribution in [2.75, 3.05) is 39.1 Å². The Labute approximate surface area is 129 Å². The van der Waals surface area contributed by atoms with E-state index in [1.165, 1.54) is 12.1 Å². The van der Waals surface area contributed by atoms with Crippen LogP contribution in [0.3, 0.4) is 0 Å². The number of anilines is 1. The van der Waals surface area contributed by atoms with Crippen LogP contribution in [0.15, 0.2) is 18.2 Å². The molecular formula is C13H20ClN3O4. The molecular weight excluding hydrogens is 298 g/mol. The monoisotopic (exact) mass is 317 g/mol. The van der Waals surface area contributed by atoms with Gasteiger partial charge >= 0.3 is 5.97 Å². The van der Waals surface area contributed by atoms with Crippen LogP contribution < -0.4 is 4.90 Å². The summed E-state index contributed by atoms with van der Waals surface area (Å²) in [4.78, 5) is 25.1. The molecule has 0 amide bonds. The fourth-order valence-electron chi connectivity index (χ4n) is 1.84. The highest BCUT2D eigenvalue weighted by atomic mass is 35.5. The Morgan fingerprint density at radius 1 is 1.29 bits per heavy atom. The molecule has 1 rings (SSSR count). The average molecular weight is 318 g/mol. The maximum atomic E-state index is 10.9. The van der Waals surface area contributed by atoms with Crippen molar-refractivity contribution < 1.29 is 14.8 Å². The van der Waals surface area contributed by atoms with Crippen LogP contribution in [0.5, 0.6) is 0 Å². The van der Waals surface area contributed by atoms with Crippen LogP contribution in [0.2, 0.25) is 0 Å². The van der Waals surface area contributed by atoms with Crippen LogP contribution >= 0.6 is 12.4 Å². The van der Waals surface area contributed by atoms with E-state index >= 15 is 0 Å². The molecule has 0 aliphatic carbocycles. The number of rotatable bonds is 7. The number of nitrogens with zero attached hydrogens (tertiary/aromatic N) is 3. The molecule has 0 aromatic heterocycles. The highest BCUT2D eigenvalue weighted by molar-refractivity contribution is 5.93. The van der Waals surface area contributed by atoms with Gasteiger partial charge in [-0.3, -0.25) is 10.1 Å². The van der Waals surface area contributed by atoms with Gasteiger partial charge in [0.15, 0.2) is 0 Å². The molecule has 0 atom stereocenters. The number of aromatic carboxylic acids is 1. The van der Waals surface area contributed by atoms with Crippen molar-refractivity contribution >= 4 is 29.8 Å². The Balaban J connectivity index is 0.00000400. The molecule has 0 unspecified atom stereocenters. The first-order valence-electron chi connectivity index (χ1n) is 6.20. The van der Waals surface area contributed by atoms with Crippen molar-refractivity contribution in [3.63, 3.8) is 0 Å². The van der Waals surface area contributed by atoms with Gasteiger partial charge in [-0.15, -0.1) is 12.4 Å². The van der Waals surface area contributed by atoms with Crippen molar-refractivity contribution in [2.24, 2.45) is 0 Å². The molecule has 0 saturated heterocycles. The lowest BCUT2D eigenvalue weighted by molar-refractivity contribution is -0.385. The summed E-state index contributed by atoms with van der Waals surface area (Å²) >= 11 is 0. The molecule has 21 heavy (non-hydrogen) atoms. The Morgan fingerprint density at radius 3 is 2.38 bits per heavy atom. The van der Waals surface area contributed by atoms with Crippen LogP contribution in [0.1, 0.15) is 16.8 Å². The maximum absolute atomic E-state index is 10.9. The van der Waals surface area contributed by atoms with E-state index in [4.69, 9.17) is 5.11 Å². The zero-order valence-corrected chi connectivity index (χ0v) is 13.1. The Bertz CT molecular complexity index is 508. The van der Waals surface area contributed by atoms with Crippen LogP contribution in [0.4, 0.5) is 11.4 Å². The largest absolute Gasteiger partial charge is 0.477 e. The van der Waals surface area contributed by atoms with Gasteiger partial charge in [0, 0.05) is 25.3 Å². The lowest BCUT2D eigenvalue weighted by Gasteiger charge is -2.20. The zero-order valence-electron chi connectivity index (χ0n) is 12.3. The summed E-state index contributed by atoms with van der Waals surface area (Å²) in [7, 11) is 5.79. The third kappa shape index (κ3) is 5.57. The smallest absolute Gasteiger partial charge is 0.342 e. The normalized spacial score (nSPS) is 10.1. The van der Waals surface area contributed by atoms with Gasteiger partial charge in [-0.1, -0.05) is 0 Å². The van der Waals surface area contributed by atoms with Crippen LogP contribution in [0.25, 0.3) is 0 Å². The number of benzene rings is 1. The number of nitro benzene ring substituents is 1. The molecule has 0 fully saturated rings. The molecule has 0 radical (unpaired) electrons. The number of halogens is 1. The molecule has 0 saturated carbocycles. The second-order valence-electron chi connectivity index (χ2n) is 4.84. The second-order valence-corrected chi connectivity index (χ2v) is 4.84. The summed E-state index contributed by atoms with van der Waals surface area (Å²) in [5, 5.41) is 19.8. The fourth-order valence-corrected chi connectivity index (χ4v) is 1.84. The molecule has 8 heteroatoms. The van der Waals surface area contributed by atoms with Gasteiger partial charge in [0.25, 0.3) is 5.69 Å². The van der Waals surface area contributed by atoms with Crippen LogP contribution in [0, 0.1) is 10.1 Å². The van der Waals surface area contributed by atoms with Gasteiger partial charge in [0.1, 0.15) is 5.56 Å². The van der Waals surface area contributed by atoms with Gasteiger partial charge in [0.2, 0.25) is 0 Å². The van der Waals surface area contributed by atoms with Crippen molar-refractivity contribution in [3.8, 4) is 0 Å². The summed E-state index contributed by atoms with van der Waals surface area (Å²) in [5.74, 6) is -1.29. The summed E-state index contributed by atoms with van der Waals surface area (Å²) in [5.41, 5.74) is -0.0321. The number of hydrogen-bond donors (Lipinski definition) is 1. The lowest BCUT2D eigenvalue weighted by Crippen LogP contribution is -2.23. The summed E-state index contributed by atoms with van der Waals surface area (Å²) in [6.45, 7) is 1.65. The summed E-state index contributed by atoms with van der Waals surface area (Å²) in [6, 6.07) is 4.17. The molecule has 0 spiro atoms. The van der Waals surface area contributed by atoms with E-state index in [9.17, 15) is 14.9 Å². The van der Waals surface area contributed by atoms with Crippen molar-refractivity contribution in [1.82, 2.24) is 4.90 Å². The van der Waals surface area contributed by atoms with Gasteiger partial charge < -0.3 is 14.9 Å². The van der Waals surface area contributed by atoms with Gasteiger partial charge in [-0.2, -0.15) is 0 Å².